The fourth-order valence-electron chi connectivity index (χ4n) is 3.12. The third-order valence-electron chi connectivity index (χ3n) is 4.42. The molecular weight excluding hydrogens is 347 g/mol. The first-order valence-electron chi connectivity index (χ1n) is 8.53. The van der Waals surface area contributed by atoms with Crippen molar-refractivity contribution in [3.8, 4) is 0 Å². The van der Waals surface area contributed by atoms with Crippen molar-refractivity contribution in [2.75, 3.05) is 6.54 Å². The van der Waals surface area contributed by atoms with Crippen molar-refractivity contribution in [2.45, 2.75) is 12.5 Å². The molecule has 0 radical (unpaired) electrons. The number of benzene rings is 2. The molecule has 4 rings (SSSR count). The molecule has 0 aliphatic heterocycles. The van der Waals surface area contributed by atoms with E-state index in [1.807, 2.05) is 36.5 Å². The van der Waals surface area contributed by atoms with Crippen LogP contribution in [0.3, 0.4) is 0 Å². The van der Waals surface area contributed by atoms with Gasteiger partial charge in [0.15, 0.2) is 6.04 Å². The summed E-state index contributed by atoms with van der Waals surface area (Å²) in [7, 11) is 0. The van der Waals surface area contributed by atoms with Crippen molar-refractivity contribution < 1.29 is 9.18 Å². The predicted octanol–water partition coefficient (Wildman–Crippen LogP) is 2.24. The zero-order valence-electron chi connectivity index (χ0n) is 14.3. The third-order valence-corrected chi connectivity index (χ3v) is 4.42. The molecule has 0 saturated carbocycles. The Hall–Kier alpha value is -3.55. The smallest absolute Gasteiger partial charge is 0.249 e. The summed E-state index contributed by atoms with van der Waals surface area (Å²) < 4.78 is 14.9. The standard InChI is InChI=1S/C19H17FN6O/c20-15-6-7-17-16(10-15)14(11-22-17)8-9-21-19(27)18(26-12-23-24-25-26)13-4-2-1-3-5-13/h1-7,10-12,18,22H,8-9H2,(H,21,27)/t18-/m1/s1. The Morgan fingerprint density at radius 1 is 1.22 bits per heavy atom. The van der Waals surface area contributed by atoms with Gasteiger partial charge in [-0.3, -0.25) is 4.79 Å². The maximum atomic E-state index is 13.5. The molecule has 0 spiro atoms. The van der Waals surface area contributed by atoms with E-state index in [0.717, 1.165) is 22.0 Å². The number of amides is 1. The normalized spacial score (nSPS) is 12.2. The van der Waals surface area contributed by atoms with Gasteiger partial charge in [0.2, 0.25) is 5.91 Å². The van der Waals surface area contributed by atoms with E-state index in [2.05, 4.69) is 25.8 Å². The van der Waals surface area contributed by atoms with Gasteiger partial charge in [0.05, 0.1) is 0 Å². The highest BCUT2D eigenvalue weighted by Gasteiger charge is 2.23. The summed E-state index contributed by atoms with van der Waals surface area (Å²) in [5, 5.41) is 14.9. The van der Waals surface area contributed by atoms with Gasteiger partial charge in [-0.25, -0.2) is 9.07 Å². The van der Waals surface area contributed by atoms with Gasteiger partial charge in [-0.2, -0.15) is 0 Å². The van der Waals surface area contributed by atoms with Gasteiger partial charge in [0.25, 0.3) is 0 Å². The van der Waals surface area contributed by atoms with Gasteiger partial charge in [-0.05, 0) is 46.2 Å². The van der Waals surface area contributed by atoms with Crippen molar-refractivity contribution in [2.24, 2.45) is 0 Å². The summed E-state index contributed by atoms with van der Waals surface area (Å²) in [5.41, 5.74) is 2.61. The number of carbonyl (C=O) groups is 1. The highest BCUT2D eigenvalue weighted by atomic mass is 19.1. The van der Waals surface area contributed by atoms with Crippen LogP contribution in [-0.4, -0.2) is 37.6 Å². The first-order chi connectivity index (χ1) is 13.2. The van der Waals surface area contributed by atoms with Crippen LogP contribution in [0.5, 0.6) is 0 Å². The van der Waals surface area contributed by atoms with Crippen LogP contribution in [-0.2, 0) is 11.2 Å². The number of carbonyl (C=O) groups excluding carboxylic acids is 1. The summed E-state index contributed by atoms with van der Waals surface area (Å²) in [6, 6.07) is 13.3. The molecule has 0 aliphatic carbocycles. The Kier molecular flexibility index (Phi) is 4.61. The van der Waals surface area contributed by atoms with Crippen molar-refractivity contribution in [3.05, 3.63) is 78.0 Å². The minimum atomic E-state index is -0.651. The first-order valence-corrected chi connectivity index (χ1v) is 8.53. The number of aromatic amines is 1. The first kappa shape index (κ1) is 16.9. The van der Waals surface area contributed by atoms with Crippen LogP contribution >= 0.6 is 0 Å². The average molecular weight is 364 g/mol. The van der Waals surface area contributed by atoms with E-state index in [9.17, 15) is 9.18 Å². The number of hydrogen-bond acceptors (Lipinski definition) is 4. The number of hydrogen-bond donors (Lipinski definition) is 2. The molecule has 1 amide bonds. The summed E-state index contributed by atoms with van der Waals surface area (Å²) >= 11 is 0. The van der Waals surface area contributed by atoms with Crippen LogP contribution in [0.1, 0.15) is 17.2 Å². The van der Waals surface area contributed by atoms with Crippen molar-refractivity contribution in [1.82, 2.24) is 30.5 Å². The number of fused-ring (bicyclic) bond motifs is 1. The molecule has 0 fully saturated rings. The van der Waals surface area contributed by atoms with Gasteiger partial charge >= 0.3 is 0 Å². The van der Waals surface area contributed by atoms with Crippen molar-refractivity contribution in [3.63, 3.8) is 0 Å². The number of nitrogens with one attached hydrogen (secondary N) is 2. The zero-order valence-corrected chi connectivity index (χ0v) is 14.3. The zero-order chi connectivity index (χ0) is 18.6. The highest BCUT2D eigenvalue weighted by molar-refractivity contribution is 5.84. The summed E-state index contributed by atoms with van der Waals surface area (Å²) in [6.07, 6.45) is 3.83. The molecule has 2 aromatic heterocycles. The Balaban J connectivity index is 1.48. The van der Waals surface area contributed by atoms with Gasteiger partial charge < -0.3 is 10.3 Å². The second kappa shape index (κ2) is 7.36. The van der Waals surface area contributed by atoms with Gasteiger partial charge in [-0.1, -0.05) is 30.3 Å². The molecule has 2 N–H and O–H groups in total. The number of tetrazole rings is 1. The van der Waals surface area contributed by atoms with E-state index in [1.165, 1.54) is 23.1 Å². The molecule has 8 heteroatoms. The predicted molar refractivity (Wildman–Crippen MR) is 97.4 cm³/mol. The molecule has 2 aromatic carbocycles. The fourth-order valence-corrected chi connectivity index (χ4v) is 3.12. The maximum Gasteiger partial charge on any atom is 0.249 e. The number of aromatic nitrogens is 5. The van der Waals surface area contributed by atoms with Gasteiger partial charge in [0.1, 0.15) is 12.1 Å². The topological polar surface area (TPSA) is 88.5 Å². The quantitative estimate of drug-likeness (QED) is 0.549. The van der Waals surface area contributed by atoms with E-state index in [-0.39, 0.29) is 11.7 Å². The number of rotatable bonds is 6. The van der Waals surface area contributed by atoms with Crippen LogP contribution in [0.15, 0.2) is 61.1 Å². The lowest BCUT2D eigenvalue weighted by Crippen LogP contribution is -2.34. The van der Waals surface area contributed by atoms with E-state index in [1.54, 1.807) is 6.07 Å². The Morgan fingerprint density at radius 2 is 2.07 bits per heavy atom. The lowest BCUT2D eigenvalue weighted by atomic mass is 10.1. The van der Waals surface area contributed by atoms with Crippen LogP contribution in [0, 0.1) is 5.82 Å². The SMILES string of the molecule is O=C(NCCc1c[nH]c2ccc(F)cc12)[C@@H](c1ccccc1)n1cnnn1. The fraction of sp³-hybridized carbons (Fsp3) is 0.158. The largest absolute Gasteiger partial charge is 0.361 e. The van der Waals surface area contributed by atoms with Gasteiger partial charge in [0, 0.05) is 23.6 Å². The molecule has 0 aliphatic rings. The molecule has 7 nitrogen and oxygen atoms in total. The molecule has 4 aromatic rings. The summed E-state index contributed by atoms with van der Waals surface area (Å²) in [4.78, 5) is 15.9. The lowest BCUT2D eigenvalue weighted by Gasteiger charge is -2.16. The van der Waals surface area contributed by atoms with Crippen molar-refractivity contribution >= 4 is 16.8 Å². The van der Waals surface area contributed by atoms with E-state index < -0.39 is 6.04 Å². The van der Waals surface area contributed by atoms with E-state index in [0.29, 0.717) is 13.0 Å². The molecule has 0 unspecified atom stereocenters. The third kappa shape index (κ3) is 3.55. The minimum Gasteiger partial charge on any atom is -0.361 e. The van der Waals surface area contributed by atoms with Crippen LogP contribution in [0.4, 0.5) is 4.39 Å². The molecule has 0 bridgehead atoms. The Morgan fingerprint density at radius 3 is 2.85 bits per heavy atom. The number of nitrogens with zero attached hydrogens (tertiary/aromatic N) is 4. The molecular formula is C19H17FN6O. The number of halogens is 1. The highest BCUT2D eigenvalue weighted by Crippen LogP contribution is 2.20. The van der Waals surface area contributed by atoms with Crippen LogP contribution in [0.2, 0.25) is 0 Å². The van der Waals surface area contributed by atoms with Crippen molar-refractivity contribution in [1.29, 1.82) is 0 Å². The van der Waals surface area contributed by atoms with E-state index >= 15 is 0 Å². The van der Waals surface area contributed by atoms with E-state index in [4.69, 9.17) is 0 Å². The lowest BCUT2D eigenvalue weighted by molar-refractivity contribution is -0.123. The van der Waals surface area contributed by atoms with Gasteiger partial charge in [-0.15, -0.1) is 5.10 Å². The molecule has 2 heterocycles. The number of H-pyrrole nitrogens is 1. The van der Waals surface area contributed by atoms with Crippen LogP contribution in [0.25, 0.3) is 10.9 Å². The second-order valence-electron chi connectivity index (χ2n) is 6.15. The molecule has 0 saturated heterocycles. The minimum absolute atomic E-state index is 0.209. The summed E-state index contributed by atoms with van der Waals surface area (Å²) in [6.45, 7) is 0.410. The summed E-state index contributed by atoms with van der Waals surface area (Å²) in [5.74, 6) is -0.491. The van der Waals surface area contributed by atoms with Crippen LogP contribution < -0.4 is 5.32 Å². The second-order valence-corrected chi connectivity index (χ2v) is 6.15. The molecule has 136 valence electrons. The molecule has 27 heavy (non-hydrogen) atoms. The Labute approximate surface area is 154 Å². The monoisotopic (exact) mass is 364 g/mol. The maximum absolute atomic E-state index is 13.5. The Bertz CT molecular complexity index is 1040. The average Bonchev–Trinajstić information content (AvgIpc) is 3.33. The molecule has 1 atom stereocenters.